The molecule has 1 aliphatic carbocycles. The van der Waals surface area contributed by atoms with Crippen LogP contribution in [0.1, 0.15) is 22.3 Å². The van der Waals surface area contributed by atoms with Crippen molar-refractivity contribution in [3.63, 3.8) is 0 Å². The highest BCUT2D eigenvalue weighted by molar-refractivity contribution is 9.13. The minimum absolute atomic E-state index is 0.292. The average molecular weight is 444 g/mol. The fourth-order valence-electron chi connectivity index (χ4n) is 3.56. The van der Waals surface area contributed by atoms with E-state index in [4.69, 9.17) is 0 Å². The number of hydrogen-bond acceptors (Lipinski definition) is 1. The van der Waals surface area contributed by atoms with Gasteiger partial charge >= 0.3 is 0 Å². The normalized spacial score (nSPS) is 12.2. The predicted octanol–water partition coefficient (Wildman–Crippen LogP) is 6.77. The Morgan fingerprint density at radius 1 is 0.833 bits per heavy atom. The summed E-state index contributed by atoms with van der Waals surface area (Å²) >= 11 is 7.05. The Balaban J connectivity index is 1.91. The summed E-state index contributed by atoms with van der Waals surface area (Å²) < 4.78 is 1.62. The zero-order valence-corrected chi connectivity index (χ0v) is 16.6. The van der Waals surface area contributed by atoms with E-state index in [-0.39, 0.29) is 0 Å². The van der Waals surface area contributed by atoms with Crippen molar-refractivity contribution in [2.75, 3.05) is 0 Å². The monoisotopic (exact) mass is 442 g/mol. The van der Waals surface area contributed by atoms with Gasteiger partial charge in [-0.15, -0.1) is 0 Å². The number of aromatic hydroxyl groups is 1. The third-order valence-electron chi connectivity index (χ3n) is 4.99. The van der Waals surface area contributed by atoms with Gasteiger partial charge in [-0.1, -0.05) is 42.5 Å². The first-order valence-corrected chi connectivity index (χ1v) is 9.46. The second kappa shape index (κ2) is 5.75. The van der Waals surface area contributed by atoms with E-state index in [0.717, 1.165) is 33.1 Å². The lowest BCUT2D eigenvalue weighted by Crippen LogP contribution is -1.93. The highest BCUT2D eigenvalue weighted by Gasteiger charge is 2.21. The molecule has 0 saturated carbocycles. The van der Waals surface area contributed by atoms with Gasteiger partial charge in [0.2, 0.25) is 0 Å². The summed E-state index contributed by atoms with van der Waals surface area (Å²) in [6.45, 7) is 4.12. The van der Waals surface area contributed by atoms with Crippen molar-refractivity contribution in [2.45, 2.75) is 20.3 Å². The van der Waals surface area contributed by atoms with Crippen LogP contribution >= 0.6 is 31.9 Å². The van der Waals surface area contributed by atoms with Crippen molar-refractivity contribution < 1.29 is 5.11 Å². The fraction of sp³-hybridized carbons (Fsp3) is 0.143. The molecule has 0 bridgehead atoms. The van der Waals surface area contributed by atoms with Crippen LogP contribution in [0.25, 0.3) is 22.3 Å². The van der Waals surface area contributed by atoms with Crippen LogP contribution in [0.3, 0.4) is 0 Å². The van der Waals surface area contributed by atoms with Crippen molar-refractivity contribution in [1.29, 1.82) is 0 Å². The molecule has 3 heteroatoms. The first kappa shape index (κ1) is 15.9. The van der Waals surface area contributed by atoms with Gasteiger partial charge < -0.3 is 5.11 Å². The first-order valence-electron chi connectivity index (χ1n) is 7.87. The SMILES string of the molecule is Cc1c(C)c(-c2ccc3c(c2)Cc2ccccc2-3)c(O)c(Br)c1Br. The molecule has 0 fully saturated rings. The molecular weight excluding hydrogens is 428 g/mol. The van der Waals surface area contributed by atoms with Gasteiger partial charge in [0, 0.05) is 10.0 Å². The zero-order valence-electron chi connectivity index (χ0n) is 13.5. The molecule has 1 aliphatic rings. The van der Waals surface area contributed by atoms with Crippen molar-refractivity contribution >= 4 is 31.9 Å². The van der Waals surface area contributed by atoms with E-state index in [1.165, 1.54) is 22.3 Å². The minimum Gasteiger partial charge on any atom is -0.506 e. The number of benzene rings is 3. The Hall–Kier alpha value is -1.58. The predicted molar refractivity (Wildman–Crippen MR) is 107 cm³/mol. The van der Waals surface area contributed by atoms with Crippen LogP contribution in [-0.4, -0.2) is 5.11 Å². The third kappa shape index (κ3) is 2.26. The van der Waals surface area contributed by atoms with E-state index in [0.29, 0.717) is 10.2 Å². The van der Waals surface area contributed by atoms with Crippen molar-refractivity contribution in [3.8, 4) is 28.0 Å². The number of phenolic OH excluding ortho intramolecular Hbond substituents is 1. The zero-order chi connectivity index (χ0) is 17.0. The van der Waals surface area contributed by atoms with E-state index in [1.54, 1.807) is 0 Å². The van der Waals surface area contributed by atoms with Crippen LogP contribution in [0.15, 0.2) is 51.4 Å². The highest BCUT2D eigenvalue weighted by Crippen LogP contribution is 2.46. The molecule has 1 N–H and O–H groups in total. The lowest BCUT2D eigenvalue weighted by atomic mass is 9.93. The van der Waals surface area contributed by atoms with Gasteiger partial charge in [0.05, 0.1) is 4.47 Å². The van der Waals surface area contributed by atoms with Gasteiger partial charge in [-0.3, -0.25) is 0 Å². The van der Waals surface area contributed by atoms with Crippen LogP contribution in [0.4, 0.5) is 0 Å². The molecule has 0 heterocycles. The maximum Gasteiger partial charge on any atom is 0.139 e. The third-order valence-corrected chi connectivity index (χ3v) is 7.28. The molecule has 0 radical (unpaired) electrons. The second-order valence-corrected chi connectivity index (χ2v) is 7.89. The lowest BCUT2D eigenvalue weighted by Gasteiger charge is -2.16. The molecule has 0 aromatic heterocycles. The molecule has 0 saturated heterocycles. The molecule has 3 aromatic rings. The highest BCUT2D eigenvalue weighted by atomic mass is 79.9. The summed E-state index contributed by atoms with van der Waals surface area (Å²) in [6.07, 6.45) is 0.954. The topological polar surface area (TPSA) is 20.2 Å². The van der Waals surface area contributed by atoms with Crippen molar-refractivity contribution in [3.05, 3.63) is 73.7 Å². The Morgan fingerprint density at radius 2 is 1.54 bits per heavy atom. The van der Waals surface area contributed by atoms with Gasteiger partial charge in [0.1, 0.15) is 5.75 Å². The summed E-state index contributed by atoms with van der Waals surface area (Å²) in [6, 6.07) is 15.1. The number of rotatable bonds is 1. The molecule has 0 amide bonds. The lowest BCUT2D eigenvalue weighted by molar-refractivity contribution is 0.473. The van der Waals surface area contributed by atoms with Gasteiger partial charge in [-0.05, 0) is 91.1 Å². The number of hydrogen-bond donors (Lipinski definition) is 1. The second-order valence-electron chi connectivity index (χ2n) is 6.31. The Labute approximate surface area is 158 Å². The quantitative estimate of drug-likeness (QED) is 0.344. The molecule has 0 spiro atoms. The Morgan fingerprint density at radius 3 is 2.33 bits per heavy atom. The number of fused-ring (bicyclic) bond motifs is 3. The van der Waals surface area contributed by atoms with E-state index < -0.39 is 0 Å². The van der Waals surface area contributed by atoms with Crippen LogP contribution in [0, 0.1) is 13.8 Å². The van der Waals surface area contributed by atoms with Crippen LogP contribution in [-0.2, 0) is 6.42 Å². The van der Waals surface area contributed by atoms with Gasteiger partial charge in [0.15, 0.2) is 0 Å². The smallest absolute Gasteiger partial charge is 0.139 e. The maximum absolute atomic E-state index is 10.7. The van der Waals surface area contributed by atoms with Gasteiger partial charge in [0.25, 0.3) is 0 Å². The molecule has 0 atom stereocenters. The molecule has 0 aliphatic heterocycles. The molecule has 1 nitrogen and oxygen atoms in total. The van der Waals surface area contributed by atoms with Gasteiger partial charge in [-0.2, -0.15) is 0 Å². The van der Waals surface area contributed by atoms with Crippen molar-refractivity contribution in [1.82, 2.24) is 0 Å². The minimum atomic E-state index is 0.292. The maximum atomic E-state index is 10.7. The summed E-state index contributed by atoms with van der Waals surface area (Å²) in [5.74, 6) is 0.292. The van der Waals surface area contributed by atoms with Crippen LogP contribution in [0.5, 0.6) is 5.75 Å². The van der Waals surface area contributed by atoms with Crippen LogP contribution in [0.2, 0.25) is 0 Å². The summed E-state index contributed by atoms with van der Waals surface area (Å²) in [7, 11) is 0. The summed E-state index contributed by atoms with van der Waals surface area (Å²) in [5, 5.41) is 10.7. The molecule has 24 heavy (non-hydrogen) atoms. The van der Waals surface area contributed by atoms with E-state index >= 15 is 0 Å². The number of phenols is 1. The molecule has 0 unspecified atom stereocenters. The average Bonchev–Trinajstić information content (AvgIpc) is 2.96. The van der Waals surface area contributed by atoms with Crippen LogP contribution < -0.4 is 0 Å². The van der Waals surface area contributed by atoms with E-state index in [2.05, 4.69) is 88.2 Å². The standard InChI is InChI=1S/C21H16Br2O/c1-11-12(2)19(22)20(23)21(24)18(11)14-7-8-17-15(10-14)9-13-5-3-4-6-16(13)17/h3-8,10,24H,9H2,1-2H3. The summed E-state index contributed by atoms with van der Waals surface area (Å²) in [4.78, 5) is 0. The first-order chi connectivity index (χ1) is 11.5. The fourth-order valence-corrected chi connectivity index (χ4v) is 4.54. The molecule has 4 rings (SSSR count). The molecule has 120 valence electrons. The van der Waals surface area contributed by atoms with Crippen molar-refractivity contribution in [2.24, 2.45) is 0 Å². The van der Waals surface area contributed by atoms with E-state index in [9.17, 15) is 5.11 Å². The van der Waals surface area contributed by atoms with E-state index in [1.807, 2.05) is 0 Å². The van der Waals surface area contributed by atoms with Gasteiger partial charge in [-0.25, -0.2) is 0 Å². The Bertz CT molecular complexity index is 960. The molecular formula is C21H16Br2O. The largest absolute Gasteiger partial charge is 0.506 e. The Kier molecular flexibility index (Phi) is 3.81. The summed E-state index contributed by atoms with van der Waals surface area (Å²) in [5.41, 5.74) is 9.53. The molecule has 3 aromatic carbocycles. The number of halogens is 2.